The second-order valence-corrected chi connectivity index (χ2v) is 7.79. The first kappa shape index (κ1) is 16.0. The molecule has 7 heteroatoms. The van der Waals surface area contributed by atoms with Crippen molar-refractivity contribution in [1.82, 2.24) is 14.3 Å². The van der Waals surface area contributed by atoms with Crippen LogP contribution in [0.25, 0.3) is 0 Å². The minimum absolute atomic E-state index is 0.0830. The van der Waals surface area contributed by atoms with E-state index in [1.807, 2.05) is 13.8 Å². The zero-order chi connectivity index (χ0) is 16.7. The summed E-state index contributed by atoms with van der Waals surface area (Å²) in [5, 5.41) is 0. The lowest BCUT2D eigenvalue weighted by Gasteiger charge is -2.33. The van der Waals surface area contributed by atoms with Crippen LogP contribution in [0.5, 0.6) is 0 Å². The van der Waals surface area contributed by atoms with Gasteiger partial charge < -0.3 is 0 Å². The molecule has 5 nitrogen and oxygen atoms in total. The van der Waals surface area contributed by atoms with Crippen LogP contribution < -0.4 is 0 Å². The predicted molar refractivity (Wildman–Crippen MR) is 83.6 cm³/mol. The molecular weight excluding hydrogens is 317 g/mol. The molecule has 122 valence electrons. The number of aryl methyl sites for hydroxylation is 1. The van der Waals surface area contributed by atoms with Crippen LogP contribution in [0.3, 0.4) is 0 Å². The van der Waals surface area contributed by atoms with Crippen LogP contribution in [0.1, 0.15) is 31.3 Å². The molecule has 1 atom stereocenters. The lowest BCUT2D eigenvalue weighted by Crippen LogP contribution is -2.44. The summed E-state index contributed by atoms with van der Waals surface area (Å²) < 4.78 is 40.5. The lowest BCUT2D eigenvalue weighted by molar-refractivity contribution is 0.254. The smallest absolute Gasteiger partial charge is 0.239 e. The van der Waals surface area contributed by atoms with E-state index in [-0.39, 0.29) is 4.90 Å². The van der Waals surface area contributed by atoms with E-state index in [4.69, 9.17) is 0 Å². The normalized spacial score (nSPS) is 22.4. The third-order valence-corrected chi connectivity index (χ3v) is 6.29. The second kappa shape index (κ2) is 5.65. The van der Waals surface area contributed by atoms with Crippen molar-refractivity contribution in [3.63, 3.8) is 0 Å². The summed E-state index contributed by atoms with van der Waals surface area (Å²) in [6.45, 7) is 4.09. The maximum absolute atomic E-state index is 13.1. The first-order chi connectivity index (χ1) is 10.8. The van der Waals surface area contributed by atoms with E-state index in [0.717, 1.165) is 24.2 Å². The van der Waals surface area contributed by atoms with Gasteiger partial charge in [0.05, 0.1) is 10.4 Å². The lowest BCUT2D eigenvalue weighted by atomic mass is 9.99. The van der Waals surface area contributed by atoms with Crippen molar-refractivity contribution in [2.75, 3.05) is 6.54 Å². The van der Waals surface area contributed by atoms with Crippen molar-refractivity contribution in [1.29, 1.82) is 0 Å². The van der Waals surface area contributed by atoms with Crippen molar-refractivity contribution in [3.05, 3.63) is 53.9 Å². The van der Waals surface area contributed by atoms with Crippen LogP contribution in [-0.2, 0) is 15.6 Å². The molecule has 3 rings (SSSR count). The molecule has 0 radical (unpaired) electrons. The number of hydrogen-bond acceptors (Lipinski definition) is 4. The Morgan fingerprint density at radius 1 is 1.22 bits per heavy atom. The molecule has 0 aliphatic carbocycles. The quantitative estimate of drug-likeness (QED) is 0.865. The average Bonchev–Trinajstić information content (AvgIpc) is 2.92. The number of hydrogen-bond donors (Lipinski definition) is 0. The molecular formula is C16H18FN3O2S. The van der Waals surface area contributed by atoms with Crippen LogP contribution in [0.15, 0.2) is 41.4 Å². The molecule has 1 aliphatic heterocycles. The SMILES string of the molecule is Cc1ccnc([C@]2(C)CCCN2S(=O)(=O)c2ccc(F)cc2)n1. The molecule has 1 aliphatic rings. The van der Waals surface area contributed by atoms with Crippen LogP contribution in [0.4, 0.5) is 4.39 Å². The summed E-state index contributed by atoms with van der Waals surface area (Å²) in [5.74, 6) is 0.0378. The molecule has 0 unspecified atom stereocenters. The van der Waals surface area contributed by atoms with Crippen molar-refractivity contribution >= 4 is 10.0 Å². The van der Waals surface area contributed by atoms with E-state index < -0.39 is 21.4 Å². The molecule has 0 amide bonds. The Bertz CT molecular complexity index is 823. The molecule has 0 bridgehead atoms. The van der Waals surface area contributed by atoms with Gasteiger partial charge in [0.15, 0.2) is 0 Å². The highest BCUT2D eigenvalue weighted by molar-refractivity contribution is 7.89. The van der Waals surface area contributed by atoms with Gasteiger partial charge in [-0.1, -0.05) is 0 Å². The Labute approximate surface area is 135 Å². The summed E-state index contributed by atoms with van der Waals surface area (Å²) in [4.78, 5) is 8.79. The van der Waals surface area contributed by atoms with E-state index in [2.05, 4.69) is 9.97 Å². The van der Waals surface area contributed by atoms with Crippen molar-refractivity contribution in [2.24, 2.45) is 0 Å². The minimum atomic E-state index is -3.74. The third kappa shape index (κ3) is 2.74. The van der Waals surface area contributed by atoms with Gasteiger partial charge in [0.25, 0.3) is 0 Å². The number of rotatable bonds is 3. The van der Waals surface area contributed by atoms with Gasteiger partial charge in [-0.25, -0.2) is 22.8 Å². The highest BCUT2D eigenvalue weighted by Gasteiger charge is 2.47. The van der Waals surface area contributed by atoms with Crippen LogP contribution in [0, 0.1) is 12.7 Å². The molecule has 1 saturated heterocycles. The van der Waals surface area contributed by atoms with Crippen LogP contribution >= 0.6 is 0 Å². The van der Waals surface area contributed by atoms with E-state index in [1.54, 1.807) is 12.3 Å². The Balaban J connectivity index is 2.05. The number of sulfonamides is 1. The minimum Gasteiger partial charge on any atom is -0.239 e. The van der Waals surface area contributed by atoms with Gasteiger partial charge in [0.1, 0.15) is 11.6 Å². The summed E-state index contributed by atoms with van der Waals surface area (Å²) in [5.41, 5.74) is 0.00133. The fraction of sp³-hybridized carbons (Fsp3) is 0.375. The van der Waals surface area contributed by atoms with Gasteiger partial charge in [-0.2, -0.15) is 4.31 Å². The molecule has 2 heterocycles. The largest absolute Gasteiger partial charge is 0.243 e. The van der Waals surface area contributed by atoms with Gasteiger partial charge in [0.2, 0.25) is 10.0 Å². The van der Waals surface area contributed by atoms with Gasteiger partial charge in [0, 0.05) is 18.4 Å². The van der Waals surface area contributed by atoms with E-state index in [9.17, 15) is 12.8 Å². The van der Waals surface area contributed by atoms with E-state index >= 15 is 0 Å². The molecule has 0 N–H and O–H groups in total. The Morgan fingerprint density at radius 3 is 2.57 bits per heavy atom. The molecule has 0 saturated carbocycles. The molecule has 0 spiro atoms. The highest BCUT2D eigenvalue weighted by atomic mass is 32.2. The number of aromatic nitrogens is 2. The van der Waals surface area contributed by atoms with Crippen molar-refractivity contribution < 1.29 is 12.8 Å². The first-order valence-electron chi connectivity index (χ1n) is 7.42. The average molecular weight is 335 g/mol. The van der Waals surface area contributed by atoms with E-state index in [1.165, 1.54) is 16.4 Å². The molecule has 1 aromatic carbocycles. The summed E-state index contributed by atoms with van der Waals surface area (Å²) >= 11 is 0. The van der Waals surface area contributed by atoms with Crippen molar-refractivity contribution in [2.45, 2.75) is 37.1 Å². The molecule has 1 fully saturated rings. The van der Waals surface area contributed by atoms with Gasteiger partial charge in [-0.3, -0.25) is 0 Å². The fourth-order valence-corrected chi connectivity index (χ4v) is 4.80. The predicted octanol–water partition coefficient (Wildman–Crippen LogP) is 2.62. The molecule has 23 heavy (non-hydrogen) atoms. The Morgan fingerprint density at radius 2 is 1.91 bits per heavy atom. The third-order valence-electron chi connectivity index (χ3n) is 4.25. The maximum atomic E-state index is 13.1. The van der Waals surface area contributed by atoms with Gasteiger partial charge in [-0.05, 0) is 57.0 Å². The zero-order valence-electron chi connectivity index (χ0n) is 13.0. The van der Waals surface area contributed by atoms with Crippen LogP contribution in [0.2, 0.25) is 0 Å². The maximum Gasteiger partial charge on any atom is 0.243 e. The topological polar surface area (TPSA) is 63.2 Å². The van der Waals surface area contributed by atoms with Crippen molar-refractivity contribution in [3.8, 4) is 0 Å². The van der Waals surface area contributed by atoms with E-state index in [0.29, 0.717) is 18.8 Å². The summed E-state index contributed by atoms with van der Waals surface area (Å²) in [6, 6.07) is 6.68. The number of halogens is 1. The Kier molecular flexibility index (Phi) is 3.93. The van der Waals surface area contributed by atoms with Gasteiger partial charge in [-0.15, -0.1) is 0 Å². The number of benzene rings is 1. The monoisotopic (exact) mass is 335 g/mol. The first-order valence-corrected chi connectivity index (χ1v) is 8.86. The van der Waals surface area contributed by atoms with Crippen LogP contribution in [-0.4, -0.2) is 29.2 Å². The number of nitrogens with zero attached hydrogens (tertiary/aromatic N) is 3. The summed E-state index contributed by atoms with van der Waals surface area (Å²) in [7, 11) is -3.74. The van der Waals surface area contributed by atoms with Gasteiger partial charge >= 0.3 is 0 Å². The highest BCUT2D eigenvalue weighted by Crippen LogP contribution is 2.40. The Hall–Kier alpha value is -1.86. The molecule has 2 aromatic rings. The summed E-state index contributed by atoms with van der Waals surface area (Å²) in [6.07, 6.45) is 3.02. The zero-order valence-corrected chi connectivity index (χ0v) is 13.8. The fourth-order valence-electron chi connectivity index (χ4n) is 2.99. The second-order valence-electron chi connectivity index (χ2n) is 5.93. The standard InChI is InChI=1S/C16H18FN3O2S/c1-12-8-10-18-15(19-12)16(2)9-3-11-20(16)23(21,22)14-6-4-13(17)5-7-14/h4-8,10H,3,9,11H2,1-2H3/t16-/m0/s1. The molecule has 1 aromatic heterocycles.